The summed E-state index contributed by atoms with van der Waals surface area (Å²) in [5, 5.41) is 4.54. The molecule has 4 nitrogen and oxygen atoms in total. The van der Waals surface area contributed by atoms with Gasteiger partial charge in [-0.3, -0.25) is 4.90 Å². The van der Waals surface area contributed by atoms with Crippen LogP contribution < -0.4 is 15.0 Å². The van der Waals surface area contributed by atoms with Crippen molar-refractivity contribution in [1.82, 2.24) is 4.90 Å². The molecule has 0 bridgehead atoms. The molecular weight excluding hydrogens is 432 g/mol. The number of rotatable bonds is 6. The molecule has 2 atom stereocenters. The van der Waals surface area contributed by atoms with Crippen molar-refractivity contribution in [2.45, 2.75) is 51.2 Å². The summed E-state index contributed by atoms with van der Waals surface area (Å²) in [6.45, 7) is 5.91. The molecule has 172 valence electrons. The van der Waals surface area contributed by atoms with E-state index >= 15 is 0 Å². The Morgan fingerprint density at radius 3 is 2.56 bits per heavy atom. The molecule has 2 aromatic carbocycles. The van der Waals surface area contributed by atoms with Gasteiger partial charge in [0, 0.05) is 35.8 Å². The first-order valence-electron chi connectivity index (χ1n) is 11.6. The molecule has 5 rings (SSSR count). The van der Waals surface area contributed by atoms with Crippen molar-refractivity contribution in [3.05, 3.63) is 52.6 Å². The van der Waals surface area contributed by atoms with Crippen LogP contribution in [0, 0.1) is 17.6 Å². The van der Waals surface area contributed by atoms with Crippen LogP contribution in [0.3, 0.4) is 0 Å². The summed E-state index contributed by atoms with van der Waals surface area (Å²) in [5.41, 5.74) is 3.88. The van der Waals surface area contributed by atoms with Gasteiger partial charge in [0.2, 0.25) is 0 Å². The lowest BCUT2D eigenvalue weighted by Gasteiger charge is -2.40. The summed E-state index contributed by atoms with van der Waals surface area (Å²) in [7, 11) is 0. The highest BCUT2D eigenvalue weighted by molar-refractivity contribution is 6.31. The van der Waals surface area contributed by atoms with Gasteiger partial charge < -0.3 is 15.0 Å². The summed E-state index contributed by atoms with van der Waals surface area (Å²) in [4.78, 5) is 5.11. The Morgan fingerprint density at radius 1 is 1.06 bits per heavy atom. The lowest BCUT2D eigenvalue weighted by molar-refractivity contribution is 0.157. The number of anilines is 2. The van der Waals surface area contributed by atoms with Crippen LogP contribution in [0.2, 0.25) is 5.02 Å². The van der Waals surface area contributed by atoms with E-state index in [4.69, 9.17) is 16.3 Å². The molecule has 0 radical (unpaired) electrons. The van der Waals surface area contributed by atoms with E-state index in [-0.39, 0.29) is 11.9 Å². The maximum absolute atomic E-state index is 13.3. The lowest BCUT2D eigenvalue weighted by atomic mass is 9.93. The third-order valence-electron chi connectivity index (χ3n) is 7.15. The molecule has 3 aliphatic heterocycles. The van der Waals surface area contributed by atoms with Crippen LogP contribution in [-0.4, -0.2) is 43.3 Å². The maximum atomic E-state index is 13.3. The Labute approximate surface area is 193 Å². The molecule has 0 aliphatic carbocycles. The highest BCUT2D eigenvalue weighted by atomic mass is 35.5. The Kier molecular flexibility index (Phi) is 6.17. The van der Waals surface area contributed by atoms with Gasteiger partial charge in [-0.1, -0.05) is 11.6 Å². The number of nitrogens with zero attached hydrogens (tertiary/aromatic N) is 2. The Hall–Kier alpha value is -2.05. The molecule has 3 heterocycles. The summed E-state index contributed by atoms with van der Waals surface area (Å²) < 4.78 is 32.2. The van der Waals surface area contributed by atoms with Crippen LogP contribution in [0.5, 0.6) is 5.75 Å². The molecule has 7 heteroatoms. The van der Waals surface area contributed by atoms with E-state index < -0.39 is 11.6 Å². The molecule has 1 N–H and O–H groups in total. The summed E-state index contributed by atoms with van der Waals surface area (Å²) >= 11 is 6.35. The van der Waals surface area contributed by atoms with Crippen molar-refractivity contribution in [1.29, 1.82) is 0 Å². The predicted octanol–water partition coefficient (Wildman–Crippen LogP) is 5.69. The van der Waals surface area contributed by atoms with Gasteiger partial charge in [-0.25, -0.2) is 8.78 Å². The van der Waals surface area contributed by atoms with Crippen LogP contribution in [0.15, 0.2) is 30.3 Å². The summed E-state index contributed by atoms with van der Waals surface area (Å²) in [6, 6.07) is 8.03. The van der Waals surface area contributed by atoms with Crippen molar-refractivity contribution >= 4 is 23.0 Å². The number of halogens is 3. The lowest BCUT2D eigenvalue weighted by Crippen LogP contribution is -2.51. The number of piperidine rings is 1. The fraction of sp³-hybridized carbons (Fsp3) is 0.520. The smallest absolute Gasteiger partial charge is 0.129 e. The van der Waals surface area contributed by atoms with Gasteiger partial charge in [0.05, 0.1) is 18.0 Å². The molecule has 0 amide bonds. The van der Waals surface area contributed by atoms with Gasteiger partial charge in [-0.15, -0.1) is 0 Å². The fourth-order valence-corrected chi connectivity index (χ4v) is 5.73. The quantitative estimate of drug-likeness (QED) is 0.598. The molecule has 32 heavy (non-hydrogen) atoms. The van der Waals surface area contributed by atoms with Crippen LogP contribution in [0.4, 0.5) is 20.2 Å². The van der Waals surface area contributed by atoms with Crippen molar-refractivity contribution in [2.24, 2.45) is 5.92 Å². The summed E-state index contributed by atoms with van der Waals surface area (Å²) in [6.07, 6.45) is 5.66. The third-order valence-corrected chi connectivity index (χ3v) is 7.36. The van der Waals surface area contributed by atoms with Crippen LogP contribution >= 0.6 is 11.6 Å². The van der Waals surface area contributed by atoms with Gasteiger partial charge >= 0.3 is 0 Å². The number of benzene rings is 2. The SMILES string of the molecule is CC1CCc2cc(Cl)cc3c2N1C(CN1CCC(CCOc2cc(F)cc(F)c2)CC1)N3. The van der Waals surface area contributed by atoms with Gasteiger partial charge in [-0.05, 0) is 75.7 Å². The molecule has 2 aromatic rings. The topological polar surface area (TPSA) is 27.7 Å². The number of ether oxygens (including phenoxy) is 1. The standard InChI is InChI=1S/C25H30ClF2N3O/c1-16-2-3-18-10-19(26)11-23-25(18)31(16)24(29-23)15-30-7-4-17(5-8-30)6-9-32-22-13-20(27)12-21(28)14-22/h10-14,16-17,24,29H,2-9,15H2,1H3. The Bertz CT molecular complexity index is 960. The maximum Gasteiger partial charge on any atom is 0.129 e. The molecule has 3 aliphatic rings. The highest BCUT2D eigenvalue weighted by Crippen LogP contribution is 2.45. The van der Waals surface area contributed by atoms with Gasteiger partial charge in [0.15, 0.2) is 0 Å². The van der Waals surface area contributed by atoms with Crippen molar-refractivity contribution in [3.8, 4) is 5.75 Å². The second-order valence-electron chi connectivity index (χ2n) is 9.40. The highest BCUT2D eigenvalue weighted by Gasteiger charge is 2.38. The minimum Gasteiger partial charge on any atom is -0.493 e. The average molecular weight is 462 g/mol. The second kappa shape index (κ2) is 9.06. The number of hydrogen-bond donors (Lipinski definition) is 1. The molecule has 1 saturated heterocycles. The number of nitrogens with one attached hydrogen (secondary N) is 1. The average Bonchev–Trinajstić information content (AvgIpc) is 3.10. The summed E-state index contributed by atoms with van der Waals surface area (Å²) in [5.74, 6) is -0.360. The molecule has 0 saturated carbocycles. The zero-order valence-corrected chi connectivity index (χ0v) is 19.2. The minimum atomic E-state index is -0.603. The van der Waals surface area contributed by atoms with Crippen molar-refractivity contribution in [3.63, 3.8) is 0 Å². The van der Waals surface area contributed by atoms with E-state index in [9.17, 15) is 8.78 Å². The zero-order valence-electron chi connectivity index (χ0n) is 18.4. The van der Waals surface area contributed by atoms with Crippen molar-refractivity contribution < 1.29 is 13.5 Å². The fourth-order valence-electron chi connectivity index (χ4n) is 5.49. The Morgan fingerprint density at radius 2 is 1.81 bits per heavy atom. The van der Waals surface area contributed by atoms with E-state index in [0.717, 1.165) is 62.8 Å². The molecule has 0 spiro atoms. The van der Waals surface area contributed by atoms with Gasteiger partial charge in [0.1, 0.15) is 23.5 Å². The van der Waals surface area contributed by atoms with E-state index in [1.807, 2.05) is 0 Å². The first-order valence-corrected chi connectivity index (χ1v) is 12.0. The molecule has 2 unspecified atom stereocenters. The third kappa shape index (κ3) is 4.53. The van der Waals surface area contributed by atoms with Crippen LogP contribution in [0.25, 0.3) is 0 Å². The number of aryl methyl sites for hydroxylation is 1. The van der Waals surface area contributed by atoms with E-state index in [2.05, 4.69) is 34.2 Å². The second-order valence-corrected chi connectivity index (χ2v) is 9.84. The predicted molar refractivity (Wildman–Crippen MR) is 125 cm³/mol. The van der Waals surface area contributed by atoms with Crippen LogP contribution in [0.1, 0.15) is 38.2 Å². The van der Waals surface area contributed by atoms with Gasteiger partial charge in [-0.2, -0.15) is 0 Å². The Balaban J connectivity index is 1.12. The normalized spacial score (nSPS) is 23.2. The first kappa shape index (κ1) is 21.8. The zero-order chi connectivity index (χ0) is 22.2. The number of hydrogen-bond acceptors (Lipinski definition) is 4. The molecule has 0 aromatic heterocycles. The van der Waals surface area contributed by atoms with Gasteiger partial charge in [0.25, 0.3) is 0 Å². The van der Waals surface area contributed by atoms with Crippen LogP contribution in [-0.2, 0) is 6.42 Å². The monoisotopic (exact) mass is 461 g/mol. The van der Waals surface area contributed by atoms with E-state index in [0.29, 0.717) is 18.6 Å². The molecular formula is C25H30ClF2N3O. The first-order chi connectivity index (χ1) is 15.5. The molecule has 1 fully saturated rings. The van der Waals surface area contributed by atoms with E-state index in [1.54, 1.807) is 0 Å². The largest absolute Gasteiger partial charge is 0.493 e. The van der Waals surface area contributed by atoms with E-state index in [1.165, 1.54) is 29.1 Å². The minimum absolute atomic E-state index is 0.266. The number of likely N-dealkylation sites (tertiary alicyclic amines) is 1. The van der Waals surface area contributed by atoms with Crippen molar-refractivity contribution in [2.75, 3.05) is 36.5 Å².